The highest BCUT2D eigenvalue weighted by Crippen LogP contribution is 2.52. The molecule has 0 saturated carbocycles. The van der Waals surface area contributed by atoms with Crippen LogP contribution in [0.4, 0.5) is 5.69 Å². The summed E-state index contributed by atoms with van der Waals surface area (Å²) in [6.45, 7) is 4.31. The summed E-state index contributed by atoms with van der Waals surface area (Å²) in [7, 11) is 3.32. The van der Waals surface area contributed by atoms with E-state index in [1.165, 1.54) is 4.90 Å². The van der Waals surface area contributed by atoms with Gasteiger partial charge in [0.15, 0.2) is 5.78 Å². The van der Waals surface area contributed by atoms with Gasteiger partial charge in [-0.3, -0.25) is 4.79 Å². The van der Waals surface area contributed by atoms with Gasteiger partial charge in [-0.25, -0.2) is 0 Å². The predicted molar refractivity (Wildman–Crippen MR) is 118 cm³/mol. The summed E-state index contributed by atoms with van der Waals surface area (Å²) in [5.74, 6) is 1.53. The van der Waals surface area contributed by atoms with Crippen molar-refractivity contribution in [3.05, 3.63) is 58.8 Å². The van der Waals surface area contributed by atoms with Crippen molar-refractivity contribution in [1.29, 1.82) is 0 Å². The summed E-state index contributed by atoms with van der Waals surface area (Å²) in [6.07, 6.45) is 3.46. The molecule has 0 radical (unpaired) electrons. The van der Waals surface area contributed by atoms with Gasteiger partial charge in [-0.1, -0.05) is 26.0 Å². The van der Waals surface area contributed by atoms with Crippen molar-refractivity contribution in [3.8, 4) is 11.5 Å². The number of carbonyl (C=O) groups is 1. The third kappa shape index (κ3) is 3.52. The van der Waals surface area contributed by atoms with Crippen molar-refractivity contribution in [2.75, 3.05) is 25.8 Å². The Bertz CT molecular complexity index is 992. The van der Waals surface area contributed by atoms with E-state index in [1.807, 2.05) is 12.1 Å². The molecule has 1 N–H and O–H groups in total. The molecule has 4 rings (SSSR count). The van der Waals surface area contributed by atoms with Gasteiger partial charge in [0, 0.05) is 51.9 Å². The lowest BCUT2D eigenvalue weighted by atomic mass is 9.68. The van der Waals surface area contributed by atoms with Crippen molar-refractivity contribution >= 4 is 23.2 Å². The SMILES string of the molecule is COc1cc2c(c(OC)c1)[C@H](c1ccc(SC)cc1)C1=C(CC(C)(C)CC1=O)N2. The van der Waals surface area contributed by atoms with E-state index in [-0.39, 0.29) is 17.1 Å². The largest absolute Gasteiger partial charge is 0.497 e. The predicted octanol–water partition coefficient (Wildman–Crippen LogP) is 5.63. The number of methoxy groups -OCH3 is 2. The van der Waals surface area contributed by atoms with Crippen molar-refractivity contribution in [3.63, 3.8) is 0 Å². The summed E-state index contributed by atoms with van der Waals surface area (Å²) < 4.78 is 11.2. The van der Waals surface area contributed by atoms with Crippen LogP contribution < -0.4 is 14.8 Å². The van der Waals surface area contributed by atoms with Crippen LogP contribution in [0.2, 0.25) is 0 Å². The molecule has 2 aromatic carbocycles. The molecular formula is C24H27NO3S. The average Bonchev–Trinajstić information content (AvgIpc) is 2.70. The number of ketones is 1. The van der Waals surface area contributed by atoms with Gasteiger partial charge in [0.25, 0.3) is 0 Å². The zero-order chi connectivity index (χ0) is 20.8. The van der Waals surface area contributed by atoms with Crippen LogP contribution in [0.15, 0.2) is 52.6 Å². The lowest BCUT2D eigenvalue weighted by Crippen LogP contribution is -2.34. The number of carbonyl (C=O) groups excluding carboxylic acids is 1. The number of rotatable bonds is 4. The highest BCUT2D eigenvalue weighted by molar-refractivity contribution is 7.98. The van der Waals surface area contributed by atoms with E-state index < -0.39 is 0 Å². The Morgan fingerprint density at radius 2 is 1.79 bits per heavy atom. The number of Topliss-reactive ketones (excluding diaryl/α,β-unsaturated/α-hetero) is 1. The van der Waals surface area contributed by atoms with E-state index in [0.29, 0.717) is 6.42 Å². The van der Waals surface area contributed by atoms with Crippen LogP contribution >= 0.6 is 11.8 Å². The number of benzene rings is 2. The fourth-order valence-corrected chi connectivity index (χ4v) is 4.92. The van der Waals surface area contributed by atoms with Crippen LogP contribution in [-0.4, -0.2) is 26.3 Å². The summed E-state index contributed by atoms with van der Waals surface area (Å²) in [4.78, 5) is 14.5. The highest BCUT2D eigenvalue weighted by atomic mass is 32.2. The molecule has 1 atom stereocenters. The molecular weight excluding hydrogens is 382 g/mol. The van der Waals surface area contributed by atoms with E-state index in [9.17, 15) is 4.79 Å². The fraction of sp³-hybridized carbons (Fsp3) is 0.375. The maximum atomic E-state index is 13.3. The van der Waals surface area contributed by atoms with Crippen LogP contribution in [0.5, 0.6) is 11.5 Å². The third-order valence-electron chi connectivity index (χ3n) is 5.80. The molecule has 0 saturated heterocycles. The second kappa shape index (κ2) is 7.45. The highest BCUT2D eigenvalue weighted by Gasteiger charge is 2.42. The Kier molecular flexibility index (Phi) is 5.11. The molecule has 0 aromatic heterocycles. The molecule has 2 aliphatic rings. The standard InChI is InChI=1S/C24H27NO3S/c1-24(2)12-18-22(19(26)13-24)21(14-6-8-16(29-5)9-7-14)23-17(25-18)10-15(27-3)11-20(23)28-4/h6-11,21,25H,12-13H2,1-5H3/t21-/m1/s1. The first-order valence-electron chi connectivity index (χ1n) is 9.80. The van der Waals surface area contributed by atoms with Gasteiger partial charge in [-0.2, -0.15) is 0 Å². The monoisotopic (exact) mass is 409 g/mol. The van der Waals surface area contributed by atoms with E-state index >= 15 is 0 Å². The Morgan fingerprint density at radius 3 is 2.41 bits per heavy atom. The maximum Gasteiger partial charge on any atom is 0.162 e. The number of nitrogens with one attached hydrogen (secondary N) is 1. The smallest absolute Gasteiger partial charge is 0.162 e. The molecule has 0 bridgehead atoms. The van der Waals surface area contributed by atoms with E-state index in [1.54, 1.807) is 26.0 Å². The third-order valence-corrected chi connectivity index (χ3v) is 6.55. The fourth-order valence-electron chi connectivity index (χ4n) is 4.51. The van der Waals surface area contributed by atoms with Gasteiger partial charge < -0.3 is 14.8 Å². The van der Waals surface area contributed by atoms with Gasteiger partial charge in [-0.05, 0) is 35.8 Å². The van der Waals surface area contributed by atoms with E-state index in [4.69, 9.17) is 9.47 Å². The number of anilines is 1. The van der Waals surface area contributed by atoms with E-state index in [0.717, 1.165) is 46.0 Å². The minimum atomic E-state index is -0.151. The van der Waals surface area contributed by atoms with Gasteiger partial charge in [0.1, 0.15) is 11.5 Å². The molecule has 152 valence electrons. The molecule has 0 amide bonds. The number of fused-ring (bicyclic) bond motifs is 1. The first kappa shape index (κ1) is 19.9. The number of hydrogen-bond donors (Lipinski definition) is 1. The number of thioether (sulfide) groups is 1. The van der Waals surface area contributed by atoms with Crippen molar-refractivity contribution in [1.82, 2.24) is 0 Å². The van der Waals surface area contributed by atoms with Gasteiger partial charge in [0.2, 0.25) is 0 Å². The lowest BCUT2D eigenvalue weighted by Gasteiger charge is -2.40. The summed E-state index contributed by atoms with van der Waals surface area (Å²) in [6, 6.07) is 12.4. The molecule has 0 fully saturated rings. The Balaban J connectivity index is 1.96. The van der Waals surface area contributed by atoms with E-state index in [2.05, 4.69) is 49.7 Å². The summed E-state index contributed by atoms with van der Waals surface area (Å²) in [5.41, 5.74) is 4.89. The van der Waals surface area contributed by atoms with Crippen LogP contribution in [-0.2, 0) is 4.79 Å². The quantitative estimate of drug-likeness (QED) is 0.664. The Morgan fingerprint density at radius 1 is 1.07 bits per heavy atom. The minimum Gasteiger partial charge on any atom is -0.497 e. The molecule has 1 aliphatic carbocycles. The Hall–Kier alpha value is -2.40. The molecule has 2 aromatic rings. The second-order valence-electron chi connectivity index (χ2n) is 8.46. The zero-order valence-corrected chi connectivity index (χ0v) is 18.4. The zero-order valence-electron chi connectivity index (χ0n) is 17.6. The summed E-state index contributed by atoms with van der Waals surface area (Å²) in [5, 5.41) is 3.55. The maximum absolute atomic E-state index is 13.3. The second-order valence-corrected chi connectivity index (χ2v) is 9.33. The van der Waals surface area contributed by atoms with Crippen molar-refractivity contribution in [2.24, 2.45) is 5.41 Å². The van der Waals surface area contributed by atoms with Crippen LogP contribution in [0, 0.1) is 5.41 Å². The molecule has 4 nitrogen and oxygen atoms in total. The first-order chi connectivity index (χ1) is 13.9. The number of ether oxygens (including phenoxy) is 2. The molecule has 29 heavy (non-hydrogen) atoms. The van der Waals surface area contributed by atoms with Gasteiger partial charge in [0.05, 0.1) is 14.2 Å². The number of hydrogen-bond acceptors (Lipinski definition) is 5. The molecule has 0 unspecified atom stereocenters. The van der Waals surface area contributed by atoms with Gasteiger partial charge >= 0.3 is 0 Å². The number of allylic oxidation sites excluding steroid dienone is 2. The van der Waals surface area contributed by atoms with Crippen LogP contribution in [0.3, 0.4) is 0 Å². The Labute approximate surface area is 176 Å². The normalized spacial score (nSPS) is 19.9. The average molecular weight is 410 g/mol. The first-order valence-corrected chi connectivity index (χ1v) is 11.0. The lowest BCUT2D eigenvalue weighted by molar-refractivity contribution is -0.118. The molecule has 1 heterocycles. The van der Waals surface area contributed by atoms with Crippen LogP contribution in [0.25, 0.3) is 0 Å². The van der Waals surface area contributed by atoms with Crippen molar-refractivity contribution < 1.29 is 14.3 Å². The summed E-state index contributed by atoms with van der Waals surface area (Å²) >= 11 is 1.71. The minimum absolute atomic E-state index is 0.0589. The molecule has 1 aliphatic heterocycles. The molecule has 5 heteroatoms. The van der Waals surface area contributed by atoms with Gasteiger partial charge in [-0.15, -0.1) is 11.8 Å². The van der Waals surface area contributed by atoms with Crippen molar-refractivity contribution in [2.45, 2.75) is 37.5 Å². The molecule has 0 spiro atoms. The topological polar surface area (TPSA) is 47.6 Å². The van der Waals surface area contributed by atoms with Crippen LogP contribution in [0.1, 0.15) is 43.7 Å².